The Morgan fingerprint density at radius 2 is 1.96 bits per heavy atom. The zero-order valence-electron chi connectivity index (χ0n) is 29.9. The molecule has 5 atom stereocenters. The summed E-state index contributed by atoms with van der Waals surface area (Å²) in [6, 6.07) is 2.16. The SMILES string of the molecule is CCOC(=O)N1CCN(C(=O)OC2=CC=C3[C@@H]4CCC[C@@]35c3c(ccc(OC)c3OC25)C4)C(CNC(=O)[C@H](CCCNC(=N)N)NC(=O)CC(=O)O)C1. The number of nitrogens with two attached hydrogens (primary N) is 1. The predicted molar refractivity (Wildman–Crippen MR) is 188 cm³/mol. The molecule has 3 aliphatic carbocycles. The Labute approximate surface area is 306 Å². The number of benzene rings is 1. The molecular weight excluding hydrogens is 690 g/mol. The molecule has 17 nitrogen and oxygen atoms in total. The Morgan fingerprint density at radius 3 is 2.70 bits per heavy atom. The van der Waals surface area contributed by atoms with E-state index in [1.807, 2.05) is 12.1 Å². The van der Waals surface area contributed by atoms with Crippen LogP contribution in [0.3, 0.4) is 0 Å². The summed E-state index contributed by atoms with van der Waals surface area (Å²) in [6.07, 6.45) is 5.48. The number of allylic oxidation sites excluding steroid dienone is 2. The molecule has 286 valence electrons. The third kappa shape index (κ3) is 7.41. The molecule has 6 rings (SSSR count). The van der Waals surface area contributed by atoms with E-state index in [0.29, 0.717) is 29.6 Å². The summed E-state index contributed by atoms with van der Waals surface area (Å²) in [5, 5.41) is 24.2. The molecule has 17 heteroatoms. The summed E-state index contributed by atoms with van der Waals surface area (Å²) in [7, 11) is 1.61. The normalized spacial score (nSPS) is 23.9. The topological polar surface area (TPSA) is 235 Å². The number of hydrogen-bond acceptors (Lipinski definition) is 10. The fourth-order valence-electron chi connectivity index (χ4n) is 8.48. The lowest BCUT2D eigenvalue weighted by Gasteiger charge is -2.49. The maximum Gasteiger partial charge on any atom is 0.415 e. The molecule has 2 unspecified atom stereocenters. The van der Waals surface area contributed by atoms with Gasteiger partial charge in [0.15, 0.2) is 29.3 Å². The number of rotatable bonds is 13. The molecule has 1 spiro atoms. The van der Waals surface area contributed by atoms with E-state index in [0.717, 1.165) is 31.2 Å². The molecule has 53 heavy (non-hydrogen) atoms. The van der Waals surface area contributed by atoms with E-state index >= 15 is 0 Å². The van der Waals surface area contributed by atoms with Gasteiger partial charge in [-0.1, -0.05) is 24.1 Å². The van der Waals surface area contributed by atoms with Crippen LogP contribution < -0.4 is 31.2 Å². The lowest BCUT2D eigenvalue weighted by Crippen LogP contribution is -2.61. The molecule has 1 aromatic rings. The first-order valence-corrected chi connectivity index (χ1v) is 18.0. The Hall–Kier alpha value is -5.48. The number of aliphatic carboxylic acids is 1. The summed E-state index contributed by atoms with van der Waals surface area (Å²) in [5.41, 5.74) is 8.48. The molecule has 2 heterocycles. The van der Waals surface area contributed by atoms with Gasteiger partial charge in [0.2, 0.25) is 11.8 Å². The molecule has 1 aromatic carbocycles. The van der Waals surface area contributed by atoms with Gasteiger partial charge >= 0.3 is 18.2 Å². The Balaban J connectivity index is 1.20. The van der Waals surface area contributed by atoms with Gasteiger partial charge in [0.05, 0.1) is 25.2 Å². The van der Waals surface area contributed by atoms with Crippen molar-refractivity contribution in [3.05, 3.63) is 46.7 Å². The number of carboxylic acids is 1. The van der Waals surface area contributed by atoms with E-state index in [1.165, 1.54) is 20.9 Å². The molecule has 2 fully saturated rings. The van der Waals surface area contributed by atoms with Gasteiger partial charge in [-0.15, -0.1) is 0 Å². The Bertz CT molecular complexity index is 1730. The van der Waals surface area contributed by atoms with Crippen molar-refractivity contribution in [2.24, 2.45) is 11.7 Å². The van der Waals surface area contributed by atoms with Crippen molar-refractivity contribution >= 4 is 35.9 Å². The van der Waals surface area contributed by atoms with Crippen molar-refractivity contribution in [3.63, 3.8) is 0 Å². The van der Waals surface area contributed by atoms with Gasteiger partial charge in [0, 0.05) is 38.3 Å². The first kappa shape index (κ1) is 37.3. The van der Waals surface area contributed by atoms with E-state index in [1.54, 1.807) is 14.0 Å². The van der Waals surface area contributed by atoms with Crippen LogP contribution in [0.2, 0.25) is 0 Å². The van der Waals surface area contributed by atoms with Gasteiger partial charge in [-0.25, -0.2) is 9.59 Å². The monoisotopic (exact) mass is 737 g/mol. The van der Waals surface area contributed by atoms with Crippen LogP contribution in [-0.4, -0.2) is 115 Å². The third-order valence-corrected chi connectivity index (χ3v) is 10.7. The molecular formula is C36H47N7O10. The summed E-state index contributed by atoms with van der Waals surface area (Å²) in [5.74, 6) is -1.06. The van der Waals surface area contributed by atoms with E-state index in [2.05, 4.69) is 28.1 Å². The highest BCUT2D eigenvalue weighted by Crippen LogP contribution is 2.64. The highest BCUT2D eigenvalue weighted by Gasteiger charge is 2.61. The lowest BCUT2D eigenvalue weighted by atomic mass is 9.53. The van der Waals surface area contributed by atoms with Gasteiger partial charge in [-0.2, -0.15) is 0 Å². The molecule has 7 N–H and O–H groups in total. The summed E-state index contributed by atoms with van der Waals surface area (Å²) in [4.78, 5) is 66.7. The number of carbonyl (C=O) groups excluding carboxylic acids is 4. The third-order valence-electron chi connectivity index (χ3n) is 10.7. The van der Waals surface area contributed by atoms with Crippen LogP contribution in [0.5, 0.6) is 11.5 Å². The van der Waals surface area contributed by atoms with Crippen molar-refractivity contribution in [3.8, 4) is 11.5 Å². The fraction of sp³-hybridized carbons (Fsp3) is 0.556. The number of carboxylic acid groups (broad SMARTS) is 1. The van der Waals surface area contributed by atoms with Crippen molar-refractivity contribution in [1.82, 2.24) is 25.8 Å². The van der Waals surface area contributed by atoms with E-state index in [-0.39, 0.29) is 51.7 Å². The standard InChI is InChI=1S/C36H47N7O10/c1-3-51-34(48)42-14-15-43(22(19-42)18-40-32(47)24(7-5-13-39-33(37)38)41-27(44)17-28(45)46)35(49)52-26-11-9-23-20-6-4-12-36(23)29-21(16-20)8-10-25(50-2)30(29)53-31(26)36/h8-11,20,22,24,31H,3-7,12-19H2,1-2H3,(H,40,47)(H,41,44)(H,45,46)(H4,37,38,39)/t20-,22?,24+,31?,36+/m1/s1. The largest absolute Gasteiger partial charge is 0.493 e. The van der Waals surface area contributed by atoms with Crippen LogP contribution in [0.4, 0.5) is 9.59 Å². The second-order valence-electron chi connectivity index (χ2n) is 13.9. The Kier molecular flexibility index (Phi) is 11.0. The Morgan fingerprint density at radius 1 is 1.15 bits per heavy atom. The second-order valence-corrected chi connectivity index (χ2v) is 13.9. The minimum atomic E-state index is -1.35. The number of piperazine rings is 1. The van der Waals surface area contributed by atoms with Gasteiger partial charge in [-0.05, 0) is 62.7 Å². The average molecular weight is 738 g/mol. The number of guanidine groups is 1. The van der Waals surface area contributed by atoms with Crippen LogP contribution in [-0.2, 0) is 35.7 Å². The van der Waals surface area contributed by atoms with Crippen molar-refractivity contribution in [2.75, 3.05) is 46.4 Å². The maximum atomic E-state index is 14.1. The van der Waals surface area contributed by atoms with Gasteiger partial charge in [0.1, 0.15) is 12.5 Å². The highest BCUT2D eigenvalue weighted by molar-refractivity contribution is 5.96. The smallest absolute Gasteiger partial charge is 0.415 e. The van der Waals surface area contributed by atoms with Crippen LogP contribution in [0, 0.1) is 11.3 Å². The maximum absolute atomic E-state index is 14.1. The number of amides is 4. The average Bonchev–Trinajstić information content (AvgIpc) is 3.46. The number of nitrogens with one attached hydrogen (secondary N) is 4. The lowest BCUT2D eigenvalue weighted by molar-refractivity contribution is -0.141. The number of nitrogens with zero attached hydrogens (tertiary/aromatic N) is 2. The number of methoxy groups -OCH3 is 1. The van der Waals surface area contributed by atoms with Crippen molar-refractivity contribution in [1.29, 1.82) is 5.41 Å². The number of carbonyl (C=O) groups is 5. The van der Waals surface area contributed by atoms with E-state index < -0.39 is 60.0 Å². The number of hydrogen-bond donors (Lipinski definition) is 6. The molecule has 1 saturated carbocycles. The summed E-state index contributed by atoms with van der Waals surface area (Å²) in [6.45, 7) is 2.22. The van der Waals surface area contributed by atoms with Gasteiger partial charge < -0.3 is 50.6 Å². The highest BCUT2D eigenvalue weighted by atomic mass is 16.6. The van der Waals surface area contributed by atoms with Crippen LogP contribution in [0.1, 0.15) is 56.6 Å². The predicted octanol–water partition coefficient (Wildman–Crippen LogP) is 1.49. The van der Waals surface area contributed by atoms with Crippen molar-refractivity contribution < 1.29 is 48.0 Å². The first-order valence-electron chi connectivity index (χ1n) is 18.0. The molecule has 5 aliphatic rings. The molecule has 4 amide bonds. The molecule has 1 saturated heterocycles. The molecule has 0 radical (unpaired) electrons. The van der Waals surface area contributed by atoms with E-state index in [9.17, 15) is 24.0 Å². The minimum absolute atomic E-state index is 0.0213. The zero-order valence-corrected chi connectivity index (χ0v) is 29.9. The fourth-order valence-corrected chi connectivity index (χ4v) is 8.48. The van der Waals surface area contributed by atoms with Crippen LogP contribution in [0.15, 0.2) is 35.6 Å². The second kappa shape index (κ2) is 15.6. The first-order chi connectivity index (χ1) is 25.5. The minimum Gasteiger partial charge on any atom is -0.493 e. The molecule has 0 aromatic heterocycles. The summed E-state index contributed by atoms with van der Waals surface area (Å²) < 4.78 is 23.8. The van der Waals surface area contributed by atoms with Crippen LogP contribution in [0.25, 0.3) is 0 Å². The number of ether oxygens (including phenoxy) is 4. The van der Waals surface area contributed by atoms with Gasteiger partial charge in [0.25, 0.3) is 0 Å². The van der Waals surface area contributed by atoms with Crippen LogP contribution >= 0.6 is 0 Å². The summed E-state index contributed by atoms with van der Waals surface area (Å²) >= 11 is 0. The van der Waals surface area contributed by atoms with Crippen molar-refractivity contribution in [2.45, 2.75) is 75.5 Å². The quantitative estimate of drug-likeness (QED) is 0.0732. The van der Waals surface area contributed by atoms with Gasteiger partial charge in [-0.3, -0.25) is 24.7 Å². The van der Waals surface area contributed by atoms with E-state index in [4.69, 9.17) is 35.2 Å². The zero-order chi connectivity index (χ0) is 37.9. The molecule has 2 bridgehead atoms. The molecule has 2 aliphatic heterocycles.